The van der Waals surface area contributed by atoms with Crippen molar-refractivity contribution in [2.45, 2.75) is 33.2 Å². The standard InChI is InChI=1S/C16H22N4O/c1-3-4-10-17-16(21)18-15-11-13(2)19-20(15)12-14-8-6-5-7-9-14/h5-9,11H,3-4,10,12H2,1-2H3,(H2,17,18,21). The summed E-state index contributed by atoms with van der Waals surface area (Å²) in [5.74, 6) is 0.713. The summed E-state index contributed by atoms with van der Waals surface area (Å²) in [7, 11) is 0. The van der Waals surface area contributed by atoms with Gasteiger partial charge in [0.2, 0.25) is 0 Å². The molecule has 5 heteroatoms. The van der Waals surface area contributed by atoms with Gasteiger partial charge in [0.25, 0.3) is 0 Å². The quantitative estimate of drug-likeness (QED) is 0.801. The molecule has 0 aliphatic heterocycles. The molecule has 0 aliphatic carbocycles. The van der Waals surface area contributed by atoms with Crippen LogP contribution in [0.1, 0.15) is 31.0 Å². The molecule has 0 bridgehead atoms. The van der Waals surface area contributed by atoms with Crippen LogP contribution >= 0.6 is 0 Å². The van der Waals surface area contributed by atoms with E-state index in [4.69, 9.17) is 0 Å². The van der Waals surface area contributed by atoms with E-state index in [0.717, 1.165) is 24.1 Å². The zero-order valence-electron chi connectivity index (χ0n) is 12.6. The Labute approximate surface area is 125 Å². The topological polar surface area (TPSA) is 59.0 Å². The van der Waals surface area contributed by atoms with Crippen LogP contribution in [0.2, 0.25) is 0 Å². The van der Waals surface area contributed by atoms with E-state index in [1.165, 1.54) is 0 Å². The van der Waals surface area contributed by atoms with Crippen LogP contribution in [0, 0.1) is 6.92 Å². The molecule has 0 atom stereocenters. The minimum Gasteiger partial charge on any atom is -0.338 e. The Balaban J connectivity index is 2.01. The monoisotopic (exact) mass is 286 g/mol. The fourth-order valence-corrected chi connectivity index (χ4v) is 2.06. The Bertz CT molecular complexity index is 577. The number of nitrogens with one attached hydrogen (secondary N) is 2. The van der Waals surface area contributed by atoms with Crippen LogP contribution in [0.3, 0.4) is 0 Å². The second-order valence-corrected chi connectivity index (χ2v) is 5.05. The Morgan fingerprint density at radius 3 is 2.76 bits per heavy atom. The number of carbonyl (C=O) groups is 1. The third-order valence-corrected chi connectivity index (χ3v) is 3.13. The highest BCUT2D eigenvalue weighted by atomic mass is 16.2. The maximum atomic E-state index is 11.8. The molecule has 1 aromatic carbocycles. The zero-order chi connectivity index (χ0) is 15.1. The average molecular weight is 286 g/mol. The largest absolute Gasteiger partial charge is 0.338 e. The molecule has 2 N–H and O–H groups in total. The summed E-state index contributed by atoms with van der Waals surface area (Å²) >= 11 is 0. The molecule has 5 nitrogen and oxygen atoms in total. The van der Waals surface area contributed by atoms with Gasteiger partial charge in [-0.25, -0.2) is 9.48 Å². The van der Waals surface area contributed by atoms with Crippen LogP contribution in [0.25, 0.3) is 0 Å². The van der Waals surface area contributed by atoms with Gasteiger partial charge in [0.1, 0.15) is 5.82 Å². The number of aryl methyl sites for hydroxylation is 1. The fraction of sp³-hybridized carbons (Fsp3) is 0.375. The van der Waals surface area contributed by atoms with Crippen molar-refractivity contribution in [1.82, 2.24) is 15.1 Å². The van der Waals surface area contributed by atoms with Crippen molar-refractivity contribution < 1.29 is 4.79 Å². The van der Waals surface area contributed by atoms with Gasteiger partial charge < -0.3 is 5.32 Å². The molecule has 21 heavy (non-hydrogen) atoms. The van der Waals surface area contributed by atoms with Gasteiger partial charge in [0, 0.05) is 12.6 Å². The molecule has 112 valence electrons. The van der Waals surface area contributed by atoms with E-state index in [9.17, 15) is 4.79 Å². The van der Waals surface area contributed by atoms with Gasteiger partial charge >= 0.3 is 6.03 Å². The molecule has 0 saturated carbocycles. The maximum Gasteiger partial charge on any atom is 0.320 e. The fourth-order valence-electron chi connectivity index (χ4n) is 2.06. The summed E-state index contributed by atoms with van der Waals surface area (Å²) in [6.07, 6.45) is 2.04. The molecule has 0 unspecified atom stereocenters. The van der Waals surface area contributed by atoms with E-state index in [2.05, 4.69) is 22.7 Å². The van der Waals surface area contributed by atoms with Crippen molar-refractivity contribution in [2.75, 3.05) is 11.9 Å². The minimum absolute atomic E-state index is 0.183. The van der Waals surface area contributed by atoms with Gasteiger partial charge in [0.15, 0.2) is 0 Å². The van der Waals surface area contributed by atoms with Crippen molar-refractivity contribution in [3.05, 3.63) is 47.7 Å². The van der Waals surface area contributed by atoms with Crippen molar-refractivity contribution in [1.29, 1.82) is 0 Å². The number of urea groups is 1. The summed E-state index contributed by atoms with van der Waals surface area (Å²) in [4.78, 5) is 11.8. The van der Waals surface area contributed by atoms with Crippen LogP contribution in [0.5, 0.6) is 0 Å². The molecule has 0 radical (unpaired) electrons. The lowest BCUT2D eigenvalue weighted by Crippen LogP contribution is -2.30. The molecular weight excluding hydrogens is 264 g/mol. The highest BCUT2D eigenvalue weighted by Crippen LogP contribution is 2.12. The highest BCUT2D eigenvalue weighted by molar-refractivity contribution is 5.88. The molecule has 1 aromatic heterocycles. The molecule has 0 spiro atoms. The number of nitrogens with zero attached hydrogens (tertiary/aromatic N) is 2. The molecular formula is C16H22N4O. The van der Waals surface area contributed by atoms with Gasteiger partial charge in [0.05, 0.1) is 12.2 Å². The van der Waals surface area contributed by atoms with Crippen LogP contribution in [-0.2, 0) is 6.54 Å². The first-order valence-corrected chi connectivity index (χ1v) is 7.32. The van der Waals surface area contributed by atoms with Crippen molar-refractivity contribution in [3.8, 4) is 0 Å². The van der Waals surface area contributed by atoms with E-state index in [1.807, 2.05) is 48.0 Å². The summed E-state index contributed by atoms with van der Waals surface area (Å²) < 4.78 is 1.81. The van der Waals surface area contributed by atoms with E-state index >= 15 is 0 Å². The molecule has 0 aliphatic rings. The van der Waals surface area contributed by atoms with Gasteiger partial charge in [-0.15, -0.1) is 0 Å². The first kappa shape index (κ1) is 15.1. The Morgan fingerprint density at radius 1 is 1.29 bits per heavy atom. The van der Waals surface area contributed by atoms with Crippen molar-refractivity contribution in [2.24, 2.45) is 0 Å². The SMILES string of the molecule is CCCCNC(=O)Nc1cc(C)nn1Cc1ccccc1. The van der Waals surface area contributed by atoms with Crippen LogP contribution in [-0.4, -0.2) is 22.4 Å². The van der Waals surface area contributed by atoms with E-state index in [-0.39, 0.29) is 6.03 Å². The summed E-state index contributed by atoms with van der Waals surface area (Å²) in [5, 5.41) is 10.1. The van der Waals surface area contributed by atoms with Gasteiger partial charge in [-0.2, -0.15) is 5.10 Å². The summed E-state index contributed by atoms with van der Waals surface area (Å²) in [5.41, 5.74) is 2.03. The smallest absolute Gasteiger partial charge is 0.320 e. The molecule has 2 amide bonds. The number of amides is 2. The van der Waals surface area contributed by atoms with E-state index in [0.29, 0.717) is 18.9 Å². The second kappa shape index (κ2) is 7.47. The Morgan fingerprint density at radius 2 is 2.05 bits per heavy atom. The molecule has 2 aromatic rings. The third kappa shape index (κ3) is 4.63. The van der Waals surface area contributed by atoms with Crippen LogP contribution in [0.4, 0.5) is 10.6 Å². The number of benzene rings is 1. The number of unbranched alkanes of at least 4 members (excludes halogenated alkanes) is 1. The van der Waals surface area contributed by atoms with Crippen molar-refractivity contribution in [3.63, 3.8) is 0 Å². The lowest BCUT2D eigenvalue weighted by atomic mass is 10.2. The third-order valence-electron chi connectivity index (χ3n) is 3.13. The van der Waals surface area contributed by atoms with Gasteiger partial charge in [-0.3, -0.25) is 5.32 Å². The molecule has 1 heterocycles. The zero-order valence-corrected chi connectivity index (χ0v) is 12.6. The van der Waals surface area contributed by atoms with Gasteiger partial charge in [-0.05, 0) is 18.9 Å². The van der Waals surface area contributed by atoms with E-state index < -0.39 is 0 Å². The lowest BCUT2D eigenvalue weighted by Gasteiger charge is -2.10. The lowest BCUT2D eigenvalue weighted by molar-refractivity contribution is 0.251. The second-order valence-electron chi connectivity index (χ2n) is 5.05. The van der Waals surface area contributed by atoms with E-state index in [1.54, 1.807) is 0 Å². The number of rotatable bonds is 6. The Hall–Kier alpha value is -2.30. The first-order chi connectivity index (χ1) is 10.2. The summed E-state index contributed by atoms with van der Waals surface area (Å²) in [6.45, 7) is 5.34. The average Bonchev–Trinajstić information content (AvgIpc) is 2.80. The predicted molar refractivity (Wildman–Crippen MR) is 84.4 cm³/mol. The summed E-state index contributed by atoms with van der Waals surface area (Å²) in [6, 6.07) is 11.8. The number of aromatic nitrogens is 2. The number of hydrogen-bond donors (Lipinski definition) is 2. The van der Waals surface area contributed by atoms with Crippen LogP contribution < -0.4 is 10.6 Å². The molecule has 0 saturated heterocycles. The first-order valence-electron chi connectivity index (χ1n) is 7.32. The van der Waals surface area contributed by atoms with Gasteiger partial charge in [-0.1, -0.05) is 43.7 Å². The Kier molecular flexibility index (Phi) is 5.37. The number of hydrogen-bond acceptors (Lipinski definition) is 2. The normalized spacial score (nSPS) is 10.4. The highest BCUT2D eigenvalue weighted by Gasteiger charge is 2.09. The predicted octanol–water partition coefficient (Wildman–Crippen LogP) is 3.16. The van der Waals surface area contributed by atoms with Crippen LogP contribution in [0.15, 0.2) is 36.4 Å². The molecule has 0 fully saturated rings. The minimum atomic E-state index is -0.183. The van der Waals surface area contributed by atoms with Crippen molar-refractivity contribution >= 4 is 11.8 Å². The number of carbonyl (C=O) groups excluding carboxylic acids is 1. The molecule has 2 rings (SSSR count). The maximum absolute atomic E-state index is 11.8. The number of anilines is 1.